The van der Waals surface area contributed by atoms with Crippen molar-refractivity contribution in [3.05, 3.63) is 52.8 Å². The molecule has 4 nitrogen and oxygen atoms in total. The van der Waals surface area contributed by atoms with E-state index in [0.29, 0.717) is 6.54 Å². The second-order valence-electron chi connectivity index (χ2n) is 3.96. The second kappa shape index (κ2) is 4.51. The minimum absolute atomic E-state index is 0.428. The summed E-state index contributed by atoms with van der Waals surface area (Å²) in [4.78, 5) is 4.35. The van der Waals surface area contributed by atoms with E-state index >= 15 is 0 Å². The molecule has 0 aliphatic carbocycles. The fourth-order valence-electron chi connectivity index (χ4n) is 1.80. The molecule has 3 aromatic rings. The van der Waals surface area contributed by atoms with Gasteiger partial charge in [0.1, 0.15) is 0 Å². The van der Waals surface area contributed by atoms with Crippen LogP contribution in [0.1, 0.15) is 5.69 Å². The van der Waals surface area contributed by atoms with Crippen molar-refractivity contribution in [3.8, 4) is 11.3 Å². The molecule has 3 rings (SSSR count). The van der Waals surface area contributed by atoms with Crippen LogP contribution in [-0.4, -0.2) is 14.6 Å². The summed E-state index contributed by atoms with van der Waals surface area (Å²) in [6.07, 6.45) is 1.86. The van der Waals surface area contributed by atoms with Crippen molar-refractivity contribution in [3.63, 3.8) is 0 Å². The fourth-order valence-corrected chi connectivity index (χ4v) is 2.07. The Hall–Kier alpha value is -1.72. The maximum Gasteiger partial charge on any atom is 0.153 e. The van der Waals surface area contributed by atoms with E-state index < -0.39 is 0 Å². The summed E-state index contributed by atoms with van der Waals surface area (Å²) in [5.74, 6) is 0. The topological polar surface area (TPSA) is 56.2 Å². The Balaban J connectivity index is 2.09. The third-order valence-corrected chi connectivity index (χ3v) is 3.25. The molecule has 0 fully saturated rings. The molecule has 0 atom stereocenters. The number of hydrogen-bond acceptors (Lipinski definition) is 3. The summed E-state index contributed by atoms with van der Waals surface area (Å²) in [5, 5.41) is 4.53. The minimum atomic E-state index is 0.428. The molecule has 1 aromatic carbocycles. The third kappa shape index (κ3) is 2.02. The van der Waals surface area contributed by atoms with Gasteiger partial charge in [-0.05, 0) is 24.3 Å². The Morgan fingerprint density at radius 1 is 1.11 bits per heavy atom. The Labute approximate surface area is 113 Å². The van der Waals surface area contributed by atoms with Gasteiger partial charge in [0.2, 0.25) is 0 Å². The van der Waals surface area contributed by atoms with Gasteiger partial charge in [0.25, 0.3) is 0 Å². The number of fused-ring (bicyclic) bond motifs is 1. The van der Waals surface area contributed by atoms with E-state index in [1.165, 1.54) is 0 Å². The van der Waals surface area contributed by atoms with E-state index in [1.54, 1.807) is 4.52 Å². The molecule has 2 aromatic heterocycles. The van der Waals surface area contributed by atoms with Crippen molar-refractivity contribution in [1.29, 1.82) is 0 Å². The SMILES string of the molecule is NCc1cn2nc(-c3ccc(Br)cc3)ccc2n1. The minimum Gasteiger partial charge on any atom is -0.325 e. The van der Waals surface area contributed by atoms with E-state index in [-0.39, 0.29) is 0 Å². The summed E-state index contributed by atoms with van der Waals surface area (Å²) in [5.41, 5.74) is 9.21. The molecule has 0 radical (unpaired) electrons. The summed E-state index contributed by atoms with van der Waals surface area (Å²) in [6, 6.07) is 12.0. The van der Waals surface area contributed by atoms with Crippen LogP contribution in [0.25, 0.3) is 16.9 Å². The summed E-state index contributed by atoms with van der Waals surface area (Å²) in [6.45, 7) is 0.428. The molecule has 0 saturated heterocycles. The van der Waals surface area contributed by atoms with Crippen molar-refractivity contribution < 1.29 is 0 Å². The summed E-state index contributed by atoms with van der Waals surface area (Å²) < 4.78 is 2.82. The molecule has 0 unspecified atom stereocenters. The molecule has 0 aliphatic heterocycles. The van der Waals surface area contributed by atoms with E-state index in [9.17, 15) is 0 Å². The van der Waals surface area contributed by atoms with Gasteiger partial charge >= 0.3 is 0 Å². The van der Waals surface area contributed by atoms with Crippen molar-refractivity contribution in [2.24, 2.45) is 5.73 Å². The molecule has 0 aliphatic rings. The number of imidazole rings is 1. The van der Waals surface area contributed by atoms with Crippen molar-refractivity contribution in [2.45, 2.75) is 6.54 Å². The highest BCUT2D eigenvalue weighted by molar-refractivity contribution is 9.10. The van der Waals surface area contributed by atoms with Gasteiger partial charge in [-0.2, -0.15) is 5.10 Å². The average molecular weight is 303 g/mol. The van der Waals surface area contributed by atoms with Crippen LogP contribution in [0.4, 0.5) is 0 Å². The van der Waals surface area contributed by atoms with E-state index in [2.05, 4.69) is 26.0 Å². The van der Waals surface area contributed by atoms with Gasteiger partial charge in [0, 0.05) is 16.6 Å². The Morgan fingerprint density at radius 2 is 1.89 bits per heavy atom. The Kier molecular flexibility index (Phi) is 2.85. The zero-order valence-corrected chi connectivity index (χ0v) is 11.1. The molecule has 2 heterocycles. The number of benzene rings is 1. The fraction of sp³-hybridized carbons (Fsp3) is 0.0769. The zero-order valence-electron chi connectivity index (χ0n) is 9.55. The van der Waals surface area contributed by atoms with Gasteiger partial charge in [0.15, 0.2) is 5.65 Å². The lowest BCUT2D eigenvalue weighted by molar-refractivity contribution is 0.934. The predicted molar refractivity (Wildman–Crippen MR) is 74.0 cm³/mol. The Morgan fingerprint density at radius 3 is 2.61 bits per heavy atom. The van der Waals surface area contributed by atoms with Crippen molar-refractivity contribution in [1.82, 2.24) is 14.6 Å². The van der Waals surface area contributed by atoms with Gasteiger partial charge in [-0.25, -0.2) is 9.50 Å². The molecule has 0 saturated carbocycles. The van der Waals surface area contributed by atoms with Crippen molar-refractivity contribution >= 4 is 21.6 Å². The first-order valence-corrected chi connectivity index (χ1v) is 6.37. The molecule has 0 bridgehead atoms. The maximum absolute atomic E-state index is 5.57. The first-order chi connectivity index (χ1) is 8.76. The Bertz CT molecular complexity index is 688. The van der Waals surface area contributed by atoms with E-state index in [4.69, 9.17) is 5.73 Å². The average Bonchev–Trinajstić information content (AvgIpc) is 2.81. The quantitative estimate of drug-likeness (QED) is 0.792. The highest BCUT2D eigenvalue weighted by Gasteiger charge is 2.04. The van der Waals surface area contributed by atoms with Gasteiger partial charge in [-0.3, -0.25) is 0 Å². The molecule has 2 N–H and O–H groups in total. The van der Waals surface area contributed by atoms with Gasteiger partial charge in [0.05, 0.1) is 17.6 Å². The summed E-state index contributed by atoms with van der Waals surface area (Å²) >= 11 is 3.42. The molecule has 0 spiro atoms. The molecule has 5 heteroatoms. The van der Waals surface area contributed by atoms with Crippen molar-refractivity contribution in [2.75, 3.05) is 0 Å². The first-order valence-electron chi connectivity index (χ1n) is 5.57. The van der Waals surface area contributed by atoms with Crippen LogP contribution in [0.5, 0.6) is 0 Å². The number of nitrogens with zero attached hydrogens (tertiary/aromatic N) is 3. The monoisotopic (exact) mass is 302 g/mol. The molecular weight excluding hydrogens is 292 g/mol. The zero-order chi connectivity index (χ0) is 12.5. The number of nitrogens with two attached hydrogens (primary N) is 1. The van der Waals surface area contributed by atoms with E-state index in [0.717, 1.165) is 27.1 Å². The smallest absolute Gasteiger partial charge is 0.153 e. The van der Waals surface area contributed by atoms with Gasteiger partial charge < -0.3 is 5.73 Å². The standard InChI is InChI=1S/C13H11BrN4/c14-10-3-1-9(2-4-10)12-5-6-13-16-11(7-15)8-18(13)17-12/h1-6,8H,7,15H2. The number of aromatic nitrogens is 3. The predicted octanol–water partition coefficient (Wildman–Crippen LogP) is 2.62. The summed E-state index contributed by atoms with van der Waals surface area (Å²) in [7, 11) is 0. The van der Waals surface area contributed by atoms with Crippen LogP contribution >= 0.6 is 15.9 Å². The van der Waals surface area contributed by atoms with Crippen LogP contribution in [0.2, 0.25) is 0 Å². The highest BCUT2D eigenvalue weighted by atomic mass is 79.9. The van der Waals surface area contributed by atoms with Gasteiger partial charge in [-0.15, -0.1) is 0 Å². The molecule has 0 amide bonds. The highest BCUT2D eigenvalue weighted by Crippen LogP contribution is 2.20. The number of hydrogen-bond donors (Lipinski definition) is 1. The van der Waals surface area contributed by atoms with Crippen LogP contribution in [0, 0.1) is 0 Å². The normalized spacial score (nSPS) is 11.0. The largest absolute Gasteiger partial charge is 0.325 e. The van der Waals surface area contributed by atoms with Crippen LogP contribution in [0.15, 0.2) is 47.1 Å². The van der Waals surface area contributed by atoms with E-state index in [1.807, 2.05) is 42.6 Å². The molecule has 90 valence electrons. The lowest BCUT2D eigenvalue weighted by atomic mass is 10.1. The van der Waals surface area contributed by atoms with Crippen LogP contribution in [-0.2, 0) is 6.54 Å². The lowest BCUT2D eigenvalue weighted by Gasteiger charge is -2.01. The van der Waals surface area contributed by atoms with Crippen LogP contribution in [0.3, 0.4) is 0 Å². The third-order valence-electron chi connectivity index (χ3n) is 2.72. The number of rotatable bonds is 2. The first kappa shape index (κ1) is 11.4. The molecule has 18 heavy (non-hydrogen) atoms. The van der Waals surface area contributed by atoms with Gasteiger partial charge in [-0.1, -0.05) is 28.1 Å². The van der Waals surface area contributed by atoms with Crippen LogP contribution < -0.4 is 5.73 Å². The second-order valence-corrected chi connectivity index (χ2v) is 4.88. The lowest BCUT2D eigenvalue weighted by Crippen LogP contribution is -1.95. The molecular formula is C13H11BrN4. The number of halogens is 1. The maximum atomic E-state index is 5.57.